The third kappa shape index (κ3) is 3.64. The van der Waals surface area contributed by atoms with Crippen molar-refractivity contribution in [2.75, 3.05) is 38.3 Å². The first-order valence-corrected chi connectivity index (χ1v) is 9.43. The van der Waals surface area contributed by atoms with Gasteiger partial charge in [-0.25, -0.2) is 9.97 Å². The zero-order chi connectivity index (χ0) is 18.7. The molecule has 4 heterocycles. The summed E-state index contributed by atoms with van der Waals surface area (Å²) in [4.78, 5) is 29.9. The molecule has 2 fully saturated rings. The Labute approximate surface area is 159 Å². The number of pyridine rings is 1. The van der Waals surface area contributed by atoms with Gasteiger partial charge < -0.3 is 14.5 Å². The van der Waals surface area contributed by atoms with Crippen LogP contribution in [0.4, 0.5) is 5.95 Å². The number of hydrogen-bond acceptors (Lipinski definition) is 6. The maximum atomic E-state index is 12.7. The molecule has 1 spiro atoms. The van der Waals surface area contributed by atoms with Gasteiger partial charge in [0.1, 0.15) is 0 Å². The first kappa shape index (κ1) is 17.9. The maximum Gasteiger partial charge on any atom is 0.255 e. The van der Waals surface area contributed by atoms with Crippen LogP contribution in [0.15, 0.2) is 43.0 Å². The van der Waals surface area contributed by atoms with Crippen molar-refractivity contribution in [1.82, 2.24) is 19.9 Å². The van der Waals surface area contributed by atoms with Gasteiger partial charge in [0.05, 0.1) is 18.2 Å². The van der Waals surface area contributed by atoms with E-state index in [4.69, 9.17) is 4.74 Å². The first-order chi connectivity index (χ1) is 13.2. The second-order valence-electron chi connectivity index (χ2n) is 7.52. The standard InChI is InChI=1S/C20H25N5O2/c1-27-14-17-12-20(15-25(17)19-22-8-3-9-23-19)5-10-24(11-6-20)18(26)16-4-2-7-21-13-16/h2-4,7-9,13,17H,5-6,10-12,14-15H2,1H3. The van der Waals surface area contributed by atoms with Crippen molar-refractivity contribution in [2.45, 2.75) is 25.3 Å². The van der Waals surface area contributed by atoms with Crippen molar-refractivity contribution in [1.29, 1.82) is 0 Å². The molecule has 0 aromatic carbocycles. The third-order valence-corrected chi connectivity index (χ3v) is 5.80. The molecule has 0 saturated carbocycles. The number of rotatable bonds is 4. The van der Waals surface area contributed by atoms with E-state index in [9.17, 15) is 4.79 Å². The van der Waals surface area contributed by atoms with Crippen LogP contribution in [0.25, 0.3) is 0 Å². The zero-order valence-electron chi connectivity index (χ0n) is 15.6. The van der Waals surface area contributed by atoms with Gasteiger partial charge in [-0.15, -0.1) is 0 Å². The predicted octanol–water partition coefficient (Wildman–Crippen LogP) is 2.02. The van der Waals surface area contributed by atoms with Gasteiger partial charge in [-0.3, -0.25) is 9.78 Å². The van der Waals surface area contributed by atoms with E-state index in [-0.39, 0.29) is 17.4 Å². The minimum absolute atomic E-state index is 0.0765. The van der Waals surface area contributed by atoms with Gasteiger partial charge in [0.25, 0.3) is 5.91 Å². The quantitative estimate of drug-likeness (QED) is 0.823. The summed E-state index contributed by atoms with van der Waals surface area (Å²) in [6.07, 6.45) is 9.93. The Kier molecular flexibility index (Phi) is 5.03. The largest absolute Gasteiger partial charge is 0.383 e. The Morgan fingerprint density at radius 2 is 2.00 bits per heavy atom. The zero-order valence-corrected chi connectivity index (χ0v) is 15.6. The van der Waals surface area contributed by atoms with E-state index in [1.54, 1.807) is 31.9 Å². The number of nitrogens with zero attached hydrogens (tertiary/aromatic N) is 5. The molecule has 0 aliphatic carbocycles. The van der Waals surface area contributed by atoms with E-state index in [0.29, 0.717) is 12.2 Å². The summed E-state index contributed by atoms with van der Waals surface area (Å²) in [5, 5.41) is 0. The second-order valence-corrected chi connectivity index (χ2v) is 7.52. The van der Waals surface area contributed by atoms with Crippen molar-refractivity contribution in [2.24, 2.45) is 5.41 Å². The molecule has 7 heteroatoms. The van der Waals surface area contributed by atoms with Gasteiger partial charge in [-0.05, 0) is 42.9 Å². The fraction of sp³-hybridized carbons (Fsp3) is 0.500. The van der Waals surface area contributed by atoms with Gasteiger partial charge >= 0.3 is 0 Å². The van der Waals surface area contributed by atoms with Crippen LogP contribution in [0.5, 0.6) is 0 Å². The van der Waals surface area contributed by atoms with Crippen LogP contribution in [0, 0.1) is 5.41 Å². The average Bonchev–Trinajstić information content (AvgIpc) is 3.07. The summed E-state index contributed by atoms with van der Waals surface area (Å²) in [5.74, 6) is 0.845. The smallest absolute Gasteiger partial charge is 0.255 e. The van der Waals surface area contributed by atoms with E-state index in [0.717, 1.165) is 44.8 Å². The summed E-state index contributed by atoms with van der Waals surface area (Å²) in [7, 11) is 1.74. The highest BCUT2D eigenvalue weighted by atomic mass is 16.5. The van der Waals surface area contributed by atoms with E-state index >= 15 is 0 Å². The minimum Gasteiger partial charge on any atom is -0.383 e. The Morgan fingerprint density at radius 3 is 2.67 bits per heavy atom. The molecule has 2 saturated heterocycles. The fourth-order valence-electron chi connectivity index (χ4n) is 4.40. The first-order valence-electron chi connectivity index (χ1n) is 9.43. The molecule has 0 bridgehead atoms. The summed E-state index contributed by atoms with van der Waals surface area (Å²) < 4.78 is 5.46. The predicted molar refractivity (Wildman–Crippen MR) is 101 cm³/mol. The number of carbonyl (C=O) groups is 1. The third-order valence-electron chi connectivity index (χ3n) is 5.80. The van der Waals surface area contributed by atoms with Gasteiger partial charge in [0.15, 0.2) is 0 Å². The molecule has 1 atom stereocenters. The van der Waals surface area contributed by atoms with Gasteiger partial charge in [0, 0.05) is 51.5 Å². The molecule has 2 aromatic heterocycles. The van der Waals surface area contributed by atoms with Crippen molar-refractivity contribution in [3.05, 3.63) is 48.5 Å². The lowest BCUT2D eigenvalue weighted by molar-refractivity contribution is 0.0598. The molecule has 2 aliphatic heterocycles. The van der Waals surface area contributed by atoms with Crippen molar-refractivity contribution in [3.8, 4) is 0 Å². The van der Waals surface area contributed by atoms with Crippen molar-refractivity contribution < 1.29 is 9.53 Å². The average molecular weight is 367 g/mol. The van der Waals surface area contributed by atoms with Crippen LogP contribution < -0.4 is 4.90 Å². The minimum atomic E-state index is 0.0765. The lowest BCUT2D eigenvalue weighted by Crippen LogP contribution is -2.44. The fourth-order valence-corrected chi connectivity index (χ4v) is 4.40. The number of aromatic nitrogens is 3. The molecule has 0 radical (unpaired) electrons. The summed E-state index contributed by atoms with van der Waals surface area (Å²) in [6, 6.07) is 5.75. The second kappa shape index (κ2) is 7.60. The van der Waals surface area contributed by atoms with Crippen LogP contribution in [0.1, 0.15) is 29.6 Å². The Hall–Kier alpha value is -2.54. The van der Waals surface area contributed by atoms with E-state index < -0.39 is 0 Å². The Balaban J connectivity index is 1.45. The van der Waals surface area contributed by atoms with Gasteiger partial charge in [0.2, 0.25) is 5.95 Å². The van der Waals surface area contributed by atoms with E-state index in [1.807, 2.05) is 23.1 Å². The Morgan fingerprint density at radius 1 is 1.22 bits per heavy atom. The highest BCUT2D eigenvalue weighted by molar-refractivity contribution is 5.93. The lowest BCUT2D eigenvalue weighted by atomic mass is 9.76. The summed E-state index contributed by atoms with van der Waals surface area (Å²) >= 11 is 0. The van der Waals surface area contributed by atoms with Crippen LogP contribution in [-0.2, 0) is 4.74 Å². The number of piperidine rings is 1. The van der Waals surface area contributed by atoms with E-state index in [2.05, 4.69) is 19.9 Å². The number of ether oxygens (including phenoxy) is 1. The number of anilines is 1. The molecule has 1 amide bonds. The van der Waals surface area contributed by atoms with Crippen LogP contribution in [0.2, 0.25) is 0 Å². The maximum absolute atomic E-state index is 12.7. The lowest BCUT2D eigenvalue weighted by Gasteiger charge is -2.39. The molecular weight excluding hydrogens is 342 g/mol. The van der Waals surface area contributed by atoms with Crippen LogP contribution >= 0.6 is 0 Å². The topological polar surface area (TPSA) is 71.5 Å². The van der Waals surface area contributed by atoms with Crippen molar-refractivity contribution in [3.63, 3.8) is 0 Å². The summed E-state index contributed by atoms with van der Waals surface area (Å²) in [5.41, 5.74) is 0.852. The molecule has 2 aromatic rings. The van der Waals surface area contributed by atoms with Gasteiger partial charge in [-0.1, -0.05) is 0 Å². The number of amides is 1. The van der Waals surface area contributed by atoms with Crippen LogP contribution in [-0.4, -0.2) is 65.2 Å². The van der Waals surface area contributed by atoms with Gasteiger partial charge in [-0.2, -0.15) is 0 Å². The number of likely N-dealkylation sites (tertiary alicyclic amines) is 1. The SMILES string of the molecule is COCC1CC2(CCN(C(=O)c3cccnc3)CC2)CN1c1ncccn1. The molecule has 4 rings (SSSR count). The Bertz CT molecular complexity index is 762. The monoisotopic (exact) mass is 367 g/mol. The molecular formula is C20H25N5O2. The number of methoxy groups -OCH3 is 1. The molecule has 142 valence electrons. The molecule has 7 nitrogen and oxygen atoms in total. The molecule has 1 unspecified atom stereocenters. The highest BCUT2D eigenvalue weighted by Gasteiger charge is 2.46. The number of hydrogen-bond donors (Lipinski definition) is 0. The highest BCUT2D eigenvalue weighted by Crippen LogP contribution is 2.44. The number of carbonyl (C=O) groups excluding carboxylic acids is 1. The normalized spacial score (nSPS) is 21.6. The van der Waals surface area contributed by atoms with Crippen molar-refractivity contribution >= 4 is 11.9 Å². The van der Waals surface area contributed by atoms with Crippen LogP contribution in [0.3, 0.4) is 0 Å². The summed E-state index contributed by atoms with van der Waals surface area (Å²) in [6.45, 7) is 3.13. The molecule has 0 N–H and O–H groups in total. The molecule has 2 aliphatic rings. The van der Waals surface area contributed by atoms with E-state index in [1.165, 1.54) is 0 Å². The molecule has 27 heavy (non-hydrogen) atoms.